The van der Waals surface area contributed by atoms with Gasteiger partial charge in [-0.05, 0) is 31.2 Å². The number of piperazine rings is 1. The minimum atomic E-state index is -0.0214. The number of hydrogen-bond acceptors (Lipinski definition) is 6. The van der Waals surface area contributed by atoms with Crippen molar-refractivity contribution in [3.8, 4) is 11.5 Å². The molecule has 1 aliphatic rings. The van der Waals surface area contributed by atoms with Gasteiger partial charge in [0.2, 0.25) is 5.91 Å². The molecule has 8 nitrogen and oxygen atoms in total. The molecule has 0 saturated carbocycles. The van der Waals surface area contributed by atoms with Crippen LogP contribution in [0.15, 0.2) is 42.5 Å². The number of imidazole rings is 1. The Bertz CT molecular complexity index is 1030. The number of hydrogen-bond donors (Lipinski definition) is 2. The second kappa shape index (κ2) is 9.80. The van der Waals surface area contributed by atoms with Crippen LogP contribution in [-0.4, -0.2) is 72.1 Å². The first kappa shape index (κ1) is 21.1. The number of benzene rings is 2. The van der Waals surface area contributed by atoms with Crippen LogP contribution in [0.1, 0.15) is 12.7 Å². The van der Waals surface area contributed by atoms with Crippen molar-refractivity contribution in [2.45, 2.75) is 13.5 Å². The van der Waals surface area contributed by atoms with Crippen LogP contribution in [0.3, 0.4) is 0 Å². The molecule has 0 radical (unpaired) electrons. The number of H-pyrrole nitrogens is 1. The first-order chi connectivity index (χ1) is 15.1. The number of ether oxygens (including phenoxy) is 2. The Labute approximate surface area is 182 Å². The van der Waals surface area contributed by atoms with Crippen molar-refractivity contribution < 1.29 is 14.3 Å². The van der Waals surface area contributed by atoms with E-state index in [-0.39, 0.29) is 5.91 Å². The van der Waals surface area contributed by atoms with E-state index in [1.54, 1.807) is 7.11 Å². The standard InChI is InChI=1S/C23H29N5O3/c1-3-31-21-7-5-4-6-19(21)26-23(29)16-28-12-10-27(11-13-28)15-22-24-18-9-8-17(30-2)14-20(18)25-22/h4-9,14H,3,10-13,15-16H2,1-2H3,(H,24,25)(H,26,29). The second-order valence-corrected chi connectivity index (χ2v) is 7.60. The van der Waals surface area contributed by atoms with Crippen molar-refractivity contribution in [1.82, 2.24) is 19.8 Å². The number of fused-ring (bicyclic) bond motifs is 1. The van der Waals surface area contributed by atoms with E-state index in [2.05, 4.69) is 25.1 Å². The summed E-state index contributed by atoms with van der Waals surface area (Å²) in [5.41, 5.74) is 2.64. The van der Waals surface area contributed by atoms with Crippen molar-refractivity contribution in [2.75, 3.05) is 51.8 Å². The molecule has 3 aromatic rings. The molecule has 31 heavy (non-hydrogen) atoms. The van der Waals surface area contributed by atoms with Crippen LogP contribution in [0.4, 0.5) is 5.69 Å². The molecule has 164 valence electrons. The molecular weight excluding hydrogens is 394 g/mol. The molecule has 4 rings (SSSR count). The lowest BCUT2D eigenvalue weighted by Gasteiger charge is -2.33. The monoisotopic (exact) mass is 423 g/mol. The predicted octanol–water partition coefficient (Wildman–Crippen LogP) is 2.73. The molecule has 1 fully saturated rings. The highest BCUT2D eigenvalue weighted by Crippen LogP contribution is 2.23. The zero-order valence-electron chi connectivity index (χ0n) is 18.1. The van der Waals surface area contributed by atoms with Crippen LogP contribution < -0.4 is 14.8 Å². The van der Waals surface area contributed by atoms with E-state index in [0.717, 1.165) is 61.0 Å². The maximum Gasteiger partial charge on any atom is 0.238 e. The highest BCUT2D eigenvalue weighted by Gasteiger charge is 2.20. The topological polar surface area (TPSA) is 82.7 Å². The van der Waals surface area contributed by atoms with Crippen LogP contribution in [0.2, 0.25) is 0 Å². The summed E-state index contributed by atoms with van der Waals surface area (Å²) >= 11 is 0. The van der Waals surface area contributed by atoms with Crippen molar-refractivity contribution >= 4 is 22.6 Å². The normalized spacial score (nSPS) is 15.2. The van der Waals surface area contributed by atoms with Crippen molar-refractivity contribution in [2.24, 2.45) is 0 Å². The molecule has 2 N–H and O–H groups in total. The Hall–Kier alpha value is -3.10. The lowest BCUT2D eigenvalue weighted by molar-refractivity contribution is -0.117. The van der Waals surface area contributed by atoms with Crippen LogP contribution >= 0.6 is 0 Å². The molecule has 2 heterocycles. The largest absolute Gasteiger partial charge is 0.497 e. The third kappa shape index (κ3) is 5.34. The lowest BCUT2D eigenvalue weighted by Crippen LogP contribution is -2.48. The molecule has 0 atom stereocenters. The van der Waals surface area contributed by atoms with E-state index >= 15 is 0 Å². The molecule has 8 heteroatoms. The number of aromatic amines is 1. The van der Waals surface area contributed by atoms with Gasteiger partial charge in [0, 0.05) is 32.2 Å². The zero-order valence-corrected chi connectivity index (χ0v) is 18.1. The summed E-state index contributed by atoms with van der Waals surface area (Å²) in [5, 5.41) is 2.97. The van der Waals surface area contributed by atoms with Gasteiger partial charge in [-0.3, -0.25) is 14.6 Å². The highest BCUT2D eigenvalue weighted by molar-refractivity contribution is 5.93. The molecule has 1 aliphatic heterocycles. The van der Waals surface area contributed by atoms with Crippen molar-refractivity contribution in [3.05, 3.63) is 48.3 Å². The first-order valence-corrected chi connectivity index (χ1v) is 10.6. The second-order valence-electron chi connectivity index (χ2n) is 7.60. The van der Waals surface area contributed by atoms with E-state index < -0.39 is 0 Å². The quantitative estimate of drug-likeness (QED) is 0.580. The number of nitrogens with zero attached hydrogens (tertiary/aromatic N) is 3. The maximum absolute atomic E-state index is 12.5. The summed E-state index contributed by atoms with van der Waals surface area (Å²) in [6, 6.07) is 13.4. The Morgan fingerprint density at radius 1 is 1.13 bits per heavy atom. The number of para-hydroxylation sites is 2. The molecule has 2 aromatic carbocycles. The number of amides is 1. The van der Waals surface area contributed by atoms with Gasteiger partial charge in [0.25, 0.3) is 0 Å². The number of rotatable bonds is 8. The summed E-state index contributed by atoms with van der Waals surface area (Å²) in [4.78, 5) is 25.1. The Balaban J connectivity index is 1.26. The Kier molecular flexibility index (Phi) is 6.69. The lowest BCUT2D eigenvalue weighted by atomic mass is 10.2. The van der Waals surface area contributed by atoms with Gasteiger partial charge < -0.3 is 19.8 Å². The number of carbonyl (C=O) groups excluding carboxylic acids is 1. The fourth-order valence-corrected chi connectivity index (χ4v) is 3.80. The zero-order chi connectivity index (χ0) is 21.6. The minimum absolute atomic E-state index is 0.0214. The number of nitrogens with one attached hydrogen (secondary N) is 2. The third-order valence-electron chi connectivity index (χ3n) is 5.40. The SMILES string of the molecule is CCOc1ccccc1NC(=O)CN1CCN(Cc2nc3ccc(OC)cc3[nH]2)CC1. The third-order valence-corrected chi connectivity index (χ3v) is 5.40. The van der Waals surface area contributed by atoms with Crippen LogP contribution in [0, 0.1) is 0 Å². The average molecular weight is 424 g/mol. The van der Waals surface area contributed by atoms with E-state index in [4.69, 9.17) is 9.47 Å². The smallest absolute Gasteiger partial charge is 0.238 e. The average Bonchev–Trinajstić information content (AvgIpc) is 3.18. The molecule has 1 saturated heterocycles. The highest BCUT2D eigenvalue weighted by atomic mass is 16.5. The molecule has 1 aromatic heterocycles. The van der Waals surface area contributed by atoms with Gasteiger partial charge in [0.15, 0.2) is 0 Å². The maximum atomic E-state index is 12.5. The Morgan fingerprint density at radius 3 is 2.68 bits per heavy atom. The van der Waals surface area contributed by atoms with Gasteiger partial charge in [-0.25, -0.2) is 4.98 Å². The van der Waals surface area contributed by atoms with Gasteiger partial charge in [0.1, 0.15) is 17.3 Å². The van der Waals surface area contributed by atoms with Gasteiger partial charge in [-0.2, -0.15) is 0 Å². The van der Waals surface area contributed by atoms with E-state index in [1.165, 1.54) is 0 Å². The first-order valence-electron chi connectivity index (χ1n) is 10.6. The van der Waals surface area contributed by atoms with E-state index in [0.29, 0.717) is 18.9 Å². The van der Waals surface area contributed by atoms with Crippen molar-refractivity contribution in [3.63, 3.8) is 0 Å². The predicted molar refractivity (Wildman–Crippen MR) is 121 cm³/mol. The molecular formula is C23H29N5O3. The summed E-state index contributed by atoms with van der Waals surface area (Å²) in [7, 11) is 1.66. The molecule has 0 aliphatic carbocycles. The van der Waals surface area contributed by atoms with Crippen LogP contribution in [0.25, 0.3) is 11.0 Å². The number of carbonyl (C=O) groups is 1. The van der Waals surface area contributed by atoms with Gasteiger partial charge in [-0.1, -0.05) is 12.1 Å². The number of anilines is 1. The van der Waals surface area contributed by atoms with Crippen LogP contribution in [0.5, 0.6) is 11.5 Å². The van der Waals surface area contributed by atoms with Gasteiger partial charge in [0.05, 0.1) is 43.5 Å². The van der Waals surface area contributed by atoms with E-state index in [1.807, 2.05) is 49.4 Å². The van der Waals surface area contributed by atoms with Crippen LogP contribution in [-0.2, 0) is 11.3 Å². The summed E-state index contributed by atoms with van der Waals surface area (Å²) in [5.74, 6) is 2.44. The Morgan fingerprint density at radius 2 is 1.90 bits per heavy atom. The van der Waals surface area contributed by atoms with E-state index in [9.17, 15) is 4.79 Å². The summed E-state index contributed by atoms with van der Waals surface area (Å²) < 4.78 is 10.9. The fourth-order valence-electron chi connectivity index (χ4n) is 3.80. The molecule has 0 bridgehead atoms. The number of methoxy groups -OCH3 is 1. The molecule has 0 spiro atoms. The van der Waals surface area contributed by atoms with Gasteiger partial charge in [-0.15, -0.1) is 0 Å². The molecule has 1 amide bonds. The minimum Gasteiger partial charge on any atom is -0.497 e. The molecule has 0 unspecified atom stereocenters. The van der Waals surface area contributed by atoms with Crippen molar-refractivity contribution in [1.29, 1.82) is 0 Å². The number of aromatic nitrogens is 2. The summed E-state index contributed by atoms with van der Waals surface area (Å²) in [6.07, 6.45) is 0. The van der Waals surface area contributed by atoms with Gasteiger partial charge >= 0.3 is 0 Å². The fraction of sp³-hybridized carbons (Fsp3) is 0.391. The summed E-state index contributed by atoms with van der Waals surface area (Å²) in [6.45, 7) is 7.10.